The molecule has 2 aromatic rings. The summed E-state index contributed by atoms with van der Waals surface area (Å²) in [6, 6.07) is 6.69. The number of rotatable bonds is 4. The number of carboxylic acids is 1. The molecule has 1 aromatic carbocycles. The molecule has 20 heavy (non-hydrogen) atoms. The molecular formula is C13H10N2O5. The van der Waals surface area contributed by atoms with E-state index in [0.717, 1.165) is 6.07 Å². The number of carboxylic acid groups (broad SMARTS) is 1. The third-order valence-electron chi connectivity index (χ3n) is 2.58. The van der Waals surface area contributed by atoms with Crippen molar-refractivity contribution in [1.82, 2.24) is 4.98 Å². The van der Waals surface area contributed by atoms with Gasteiger partial charge in [-0.05, 0) is 25.1 Å². The fraction of sp³-hybridized carbons (Fsp3) is 0.0769. The molecular weight excluding hydrogens is 264 g/mol. The van der Waals surface area contributed by atoms with Gasteiger partial charge in [0.05, 0.1) is 10.6 Å². The van der Waals surface area contributed by atoms with Gasteiger partial charge in [0, 0.05) is 18.3 Å². The number of hydrogen-bond acceptors (Lipinski definition) is 5. The molecule has 7 nitrogen and oxygen atoms in total. The summed E-state index contributed by atoms with van der Waals surface area (Å²) in [4.78, 5) is 25.2. The van der Waals surface area contributed by atoms with E-state index in [2.05, 4.69) is 4.98 Å². The highest BCUT2D eigenvalue weighted by molar-refractivity contribution is 5.91. The summed E-state index contributed by atoms with van der Waals surface area (Å²) in [6.07, 6.45) is 1.58. The van der Waals surface area contributed by atoms with Gasteiger partial charge in [0.2, 0.25) is 0 Å². The Morgan fingerprint density at radius 3 is 2.70 bits per heavy atom. The van der Waals surface area contributed by atoms with E-state index < -0.39 is 10.9 Å². The van der Waals surface area contributed by atoms with Gasteiger partial charge < -0.3 is 9.84 Å². The fourth-order valence-corrected chi connectivity index (χ4v) is 1.58. The molecule has 0 saturated heterocycles. The Balaban J connectivity index is 2.44. The van der Waals surface area contributed by atoms with Crippen LogP contribution in [0.25, 0.3) is 0 Å². The molecule has 0 aliphatic carbocycles. The summed E-state index contributed by atoms with van der Waals surface area (Å²) in [5, 5.41) is 19.8. The zero-order valence-electron chi connectivity index (χ0n) is 10.4. The van der Waals surface area contributed by atoms with Crippen molar-refractivity contribution in [2.75, 3.05) is 0 Å². The lowest BCUT2D eigenvalue weighted by atomic mass is 10.2. The maximum Gasteiger partial charge on any atom is 0.339 e. The Morgan fingerprint density at radius 2 is 2.10 bits per heavy atom. The van der Waals surface area contributed by atoms with E-state index in [9.17, 15) is 14.9 Å². The van der Waals surface area contributed by atoms with E-state index in [1.54, 1.807) is 25.3 Å². The first-order valence-electron chi connectivity index (χ1n) is 5.60. The van der Waals surface area contributed by atoms with Gasteiger partial charge in [0.1, 0.15) is 17.1 Å². The van der Waals surface area contributed by atoms with Gasteiger partial charge in [-0.2, -0.15) is 0 Å². The molecule has 1 heterocycles. The molecule has 2 rings (SSSR count). The molecule has 1 N–H and O–H groups in total. The van der Waals surface area contributed by atoms with Gasteiger partial charge in [-0.3, -0.25) is 15.1 Å². The number of benzene rings is 1. The number of carbonyl (C=O) groups is 1. The van der Waals surface area contributed by atoms with E-state index >= 15 is 0 Å². The summed E-state index contributed by atoms with van der Waals surface area (Å²) in [5.41, 5.74) is 0.00213. The van der Waals surface area contributed by atoms with Crippen LogP contribution in [0.3, 0.4) is 0 Å². The second-order valence-corrected chi connectivity index (χ2v) is 3.93. The van der Waals surface area contributed by atoms with Gasteiger partial charge in [0.25, 0.3) is 5.69 Å². The van der Waals surface area contributed by atoms with Crippen molar-refractivity contribution in [2.24, 2.45) is 0 Å². The minimum absolute atomic E-state index is 0.0270. The average Bonchev–Trinajstić information content (AvgIpc) is 2.41. The monoisotopic (exact) mass is 274 g/mol. The molecule has 102 valence electrons. The zero-order valence-corrected chi connectivity index (χ0v) is 10.4. The van der Waals surface area contributed by atoms with Crippen LogP contribution in [0.2, 0.25) is 0 Å². The molecule has 0 aliphatic heterocycles. The summed E-state index contributed by atoms with van der Waals surface area (Å²) >= 11 is 0. The van der Waals surface area contributed by atoms with Crippen LogP contribution in [0.5, 0.6) is 11.5 Å². The van der Waals surface area contributed by atoms with Crippen LogP contribution < -0.4 is 4.74 Å². The maximum atomic E-state index is 11.2. The molecule has 0 unspecified atom stereocenters. The number of aryl methyl sites for hydroxylation is 1. The molecule has 0 saturated carbocycles. The fourth-order valence-electron chi connectivity index (χ4n) is 1.58. The van der Waals surface area contributed by atoms with Crippen LogP contribution in [-0.2, 0) is 0 Å². The topological polar surface area (TPSA) is 103 Å². The number of ether oxygens (including phenoxy) is 1. The number of aromatic nitrogens is 1. The molecule has 0 bridgehead atoms. The number of non-ortho nitro benzene ring substituents is 1. The Labute approximate surface area is 113 Å². The van der Waals surface area contributed by atoms with E-state index in [1.807, 2.05) is 0 Å². The van der Waals surface area contributed by atoms with Crippen molar-refractivity contribution in [3.63, 3.8) is 0 Å². The van der Waals surface area contributed by atoms with Crippen molar-refractivity contribution < 1.29 is 19.6 Å². The van der Waals surface area contributed by atoms with Crippen LogP contribution >= 0.6 is 0 Å². The molecule has 0 aliphatic rings. The Bertz CT molecular complexity index is 684. The minimum Gasteiger partial charge on any atom is -0.478 e. The van der Waals surface area contributed by atoms with E-state index in [1.165, 1.54) is 12.1 Å². The van der Waals surface area contributed by atoms with Gasteiger partial charge >= 0.3 is 5.97 Å². The normalized spacial score (nSPS) is 10.1. The number of nitrogens with zero attached hydrogens (tertiary/aromatic N) is 2. The Morgan fingerprint density at radius 1 is 1.35 bits per heavy atom. The maximum absolute atomic E-state index is 11.2. The summed E-state index contributed by atoms with van der Waals surface area (Å²) < 4.78 is 5.47. The van der Waals surface area contributed by atoms with Crippen LogP contribution in [0.1, 0.15) is 16.1 Å². The first-order chi connectivity index (χ1) is 9.49. The van der Waals surface area contributed by atoms with Crippen LogP contribution in [0.4, 0.5) is 5.69 Å². The molecule has 0 radical (unpaired) electrons. The molecule has 0 fully saturated rings. The van der Waals surface area contributed by atoms with Gasteiger partial charge in [-0.25, -0.2) is 4.79 Å². The van der Waals surface area contributed by atoms with Gasteiger partial charge in [0.15, 0.2) is 0 Å². The highest BCUT2D eigenvalue weighted by atomic mass is 16.6. The van der Waals surface area contributed by atoms with Crippen molar-refractivity contribution in [1.29, 1.82) is 0 Å². The van der Waals surface area contributed by atoms with Crippen LogP contribution in [0, 0.1) is 17.0 Å². The highest BCUT2D eigenvalue weighted by Crippen LogP contribution is 2.29. The summed E-state index contributed by atoms with van der Waals surface area (Å²) in [5.74, 6) is -0.881. The third kappa shape index (κ3) is 2.72. The van der Waals surface area contributed by atoms with Crippen LogP contribution in [-0.4, -0.2) is 21.0 Å². The zero-order chi connectivity index (χ0) is 14.7. The predicted molar refractivity (Wildman–Crippen MR) is 69.1 cm³/mol. The van der Waals surface area contributed by atoms with E-state index in [0.29, 0.717) is 11.4 Å². The Kier molecular flexibility index (Phi) is 3.60. The van der Waals surface area contributed by atoms with Gasteiger partial charge in [-0.15, -0.1) is 0 Å². The van der Waals surface area contributed by atoms with Crippen molar-refractivity contribution in [3.05, 3.63) is 57.9 Å². The van der Waals surface area contributed by atoms with Crippen LogP contribution in [0.15, 0.2) is 36.5 Å². The molecule has 0 atom stereocenters. The van der Waals surface area contributed by atoms with Crippen molar-refractivity contribution >= 4 is 11.7 Å². The van der Waals surface area contributed by atoms with E-state index in [-0.39, 0.29) is 17.0 Å². The lowest BCUT2D eigenvalue weighted by Gasteiger charge is -2.09. The first-order valence-corrected chi connectivity index (χ1v) is 5.60. The molecule has 0 amide bonds. The molecule has 0 spiro atoms. The highest BCUT2D eigenvalue weighted by Gasteiger charge is 2.18. The standard InChI is InChI=1S/C13H10N2O5/c1-8-11(3-2-6-14-8)20-12-5-4-9(15(18)19)7-10(12)13(16)17/h2-7H,1H3,(H,16,17). The Hall–Kier alpha value is -2.96. The number of hydrogen-bond donors (Lipinski definition) is 1. The molecule has 7 heteroatoms. The number of nitro benzene ring substituents is 1. The first kappa shape index (κ1) is 13.5. The third-order valence-corrected chi connectivity index (χ3v) is 2.58. The summed E-state index contributed by atoms with van der Waals surface area (Å²) in [6.45, 7) is 1.71. The molecule has 1 aromatic heterocycles. The quantitative estimate of drug-likeness (QED) is 0.679. The number of nitro groups is 1. The SMILES string of the molecule is Cc1ncccc1Oc1ccc([N+](=O)[O-])cc1C(=O)O. The smallest absolute Gasteiger partial charge is 0.339 e. The predicted octanol–water partition coefficient (Wildman–Crippen LogP) is 2.79. The second kappa shape index (κ2) is 5.35. The summed E-state index contributed by atoms with van der Waals surface area (Å²) in [7, 11) is 0. The van der Waals surface area contributed by atoms with Crippen molar-refractivity contribution in [3.8, 4) is 11.5 Å². The minimum atomic E-state index is -1.30. The lowest BCUT2D eigenvalue weighted by molar-refractivity contribution is -0.384. The van der Waals surface area contributed by atoms with E-state index in [4.69, 9.17) is 9.84 Å². The number of pyridine rings is 1. The van der Waals surface area contributed by atoms with Gasteiger partial charge in [-0.1, -0.05) is 0 Å². The number of aromatic carboxylic acids is 1. The average molecular weight is 274 g/mol. The lowest BCUT2D eigenvalue weighted by Crippen LogP contribution is -2.02. The largest absolute Gasteiger partial charge is 0.478 e. The second-order valence-electron chi connectivity index (χ2n) is 3.93. The van der Waals surface area contributed by atoms with Crippen molar-refractivity contribution in [2.45, 2.75) is 6.92 Å².